The molecule has 0 radical (unpaired) electrons. The largest absolute Gasteiger partial charge is 0.480 e. The molecule has 1 aliphatic heterocycles. The minimum atomic E-state index is -3.78. The second-order valence-electron chi connectivity index (χ2n) is 4.62. The first-order valence-electron chi connectivity index (χ1n) is 6.16. The van der Waals surface area contributed by atoms with Gasteiger partial charge in [0.1, 0.15) is 6.54 Å². The predicted octanol–water partition coefficient (Wildman–Crippen LogP) is -0.814. The zero-order valence-electron chi connectivity index (χ0n) is 11.1. The van der Waals surface area contributed by atoms with Gasteiger partial charge in [-0.25, -0.2) is 8.42 Å². The Balaban J connectivity index is 2.15. The Labute approximate surface area is 121 Å². The number of amides is 1. The molecule has 3 N–H and O–H groups in total. The Hall–Kier alpha value is -2.13. The highest BCUT2D eigenvalue weighted by Gasteiger charge is 2.33. The molecule has 8 nitrogen and oxygen atoms in total. The van der Waals surface area contributed by atoms with Crippen molar-refractivity contribution in [1.82, 2.24) is 9.21 Å². The van der Waals surface area contributed by atoms with E-state index >= 15 is 0 Å². The van der Waals surface area contributed by atoms with E-state index in [0.29, 0.717) is 5.69 Å². The van der Waals surface area contributed by atoms with E-state index in [9.17, 15) is 18.0 Å². The molecular formula is C12H15N3O5S. The number of carboxylic acid groups (broad SMARTS) is 1. The highest BCUT2D eigenvalue weighted by Crippen LogP contribution is 2.19. The van der Waals surface area contributed by atoms with Gasteiger partial charge in [-0.1, -0.05) is 0 Å². The summed E-state index contributed by atoms with van der Waals surface area (Å²) in [5, 5.41) is 8.68. The molecule has 1 amide bonds. The smallest absolute Gasteiger partial charge is 0.323 e. The van der Waals surface area contributed by atoms with Crippen molar-refractivity contribution in [3.05, 3.63) is 24.3 Å². The SMILES string of the molecule is Nc1ccc(S(=O)(=O)N2CCN(CC(=O)O)C(=O)C2)cc1. The third-order valence-electron chi connectivity index (χ3n) is 3.13. The maximum atomic E-state index is 12.4. The van der Waals surface area contributed by atoms with Gasteiger partial charge in [0.15, 0.2) is 0 Å². The van der Waals surface area contributed by atoms with Gasteiger partial charge in [0.2, 0.25) is 15.9 Å². The van der Waals surface area contributed by atoms with Crippen LogP contribution in [0.2, 0.25) is 0 Å². The molecule has 0 spiro atoms. The molecule has 1 saturated heterocycles. The lowest BCUT2D eigenvalue weighted by molar-refractivity contribution is -0.146. The first-order valence-corrected chi connectivity index (χ1v) is 7.60. The number of anilines is 1. The molecule has 1 aromatic rings. The van der Waals surface area contributed by atoms with Crippen LogP contribution in [-0.4, -0.2) is 60.8 Å². The normalized spacial score (nSPS) is 17.0. The molecule has 1 aromatic carbocycles. The van der Waals surface area contributed by atoms with Gasteiger partial charge in [-0.2, -0.15) is 4.31 Å². The number of nitrogens with two attached hydrogens (primary N) is 1. The van der Waals surface area contributed by atoms with Crippen molar-refractivity contribution in [3.8, 4) is 0 Å². The number of carboxylic acids is 1. The average Bonchev–Trinajstić information content (AvgIpc) is 2.41. The minimum absolute atomic E-state index is 0.0520. The summed E-state index contributed by atoms with van der Waals surface area (Å²) < 4.78 is 25.8. The van der Waals surface area contributed by atoms with E-state index in [0.717, 1.165) is 9.21 Å². The third kappa shape index (κ3) is 3.31. The monoisotopic (exact) mass is 313 g/mol. The van der Waals surface area contributed by atoms with Crippen LogP contribution in [0.5, 0.6) is 0 Å². The van der Waals surface area contributed by atoms with Crippen molar-refractivity contribution in [3.63, 3.8) is 0 Å². The molecule has 0 aromatic heterocycles. The molecule has 0 bridgehead atoms. The van der Waals surface area contributed by atoms with Crippen molar-refractivity contribution in [1.29, 1.82) is 0 Å². The van der Waals surface area contributed by atoms with Crippen LogP contribution in [0.15, 0.2) is 29.2 Å². The van der Waals surface area contributed by atoms with E-state index in [1.54, 1.807) is 0 Å². The number of piperazine rings is 1. The topological polar surface area (TPSA) is 121 Å². The first kappa shape index (κ1) is 15.3. The summed E-state index contributed by atoms with van der Waals surface area (Å²) >= 11 is 0. The molecule has 1 fully saturated rings. The van der Waals surface area contributed by atoms with E-state index in [1.807, 2.05) is 0 Å². The van der Waals surface area contributed by atoms with Crippen LogP contribution >= 0.6 is 0 Å². The number of nitrogens with zero attached hydrogens (tertiary/aromatic N) is 2. The Morgan fingerprint density at radius 2 is 1.86 bits per heavy atom. The number of aliphatic carboxylic acids is 1. The average molecular weight is 313 g/mol. The lowest BCUT2D eigenvalue weighted by Crippen LogP contribution is -2.53. The summed E-state index contributed by atoms with van der Waals surface area (Å²) in [6, 6.07) is 5.68. The fourth-order valence-corrected chi connectivity index (χ4v) is 3.39. The quantitative estimate of drug-likeness (QED) is 0.701. The fourth-order valence-electron chi connectivity index (χ4n) is 2.01. The Kier molecular flexibility index (Phi) is 4.14. The van der Waals surface area contributed by atoms with Gasteiger partial charge in [-0.05, 0) is 24.3 Å². The van der Waals surface area contributed by atoms with Crippen molar-refractivity contribution in [2.24, 2.45) is 0 Å². The van der Waals surface area contributed by atoms with Gasteiger partial charge >= 0.3 is 5.97 Å². The summed E-state index contributed by atoms with van der Waals surface area (Å²) in [6.07, 6.45) is 0. The molecule has 2 rings (SSSR count). The van der Waals surface area contributed by atoms with Crippen molar-refractivity contribution < 1.29 is 23.1 Å². The molecule has 0 aliphatic carbocycles. The number of benzene rings is 1. The number of carbonyl (C=O) groups is 2. The highest BCUT2D eigenvalue weighted by atomic mass is 32.2. The third-order valence-corrected chi connectivity index (χ3v) is 4.99. The number of rotatable bonds is 4. The summed E-state index contributed by atoms with van der Waals surface area (Å²) in [7, 11) is -3.78. The maximum Gasteiger partial charge on any atom is 0.323 e. The van der Waals surface area contributed by atoms with E-state index in [2.05, 4.69) is 0 Å². The zero-order valence-corrected chi connectivity index (χ0v) is 11.9. The first-order chi connectivity index (χ1) is 9.80. The number of nitrogen functional groups attached to an aromatic ring is 1. The van der Waals surface area contributed by atoms with Crippen molar-refractivity contribution >= 4 is 27.6 Å². The summed E-state index contributed by atoms with van der Waals surface area (Å²) in [5.41, 5.74) is 5.95. The standard InChI is InChI=1S/C12H15N3O5S/c13-9-1-3-10(4-2-9)21(19,20)15-6-5-14(8-12(17)18)11(16)7-15/h1-4H,5-8,13H2,(H,17,18). The zero-order chi connectivity index (χ0) is 15.6. The van der Waals surface area contributed by atoms with Gasteiger partial charge in [-0.3, -0.25) is 9.59 Å². The molecule has 114 valence electrons. The fraction of sp³-hybridized carbons (Fsp3) is 0.333. The van der Waals surface area contributed by atoms with Crippen LogP contribution < -0.4 is 5.73 Å². The molecular weight excluding hydrogens is 298 g/mol. The van der Waals surface area contributed by atoms with E-state index in [-0.39, 0.29) is 24.5 Å². The number of sulfonamides is 1. The van der Waals surface area contributed by atoms with E-state index in [1.165, 1.54) is 24.3 Å². The predicted molar refractivity (Wildman–Crippen MR) is 73.8 cm³/mol. The number of hydrogen-bond acceptors (Lipinski definition) is 5. The van der Waals surface area contributed by atoms with Gasteiger partial charge in [-0.15, -0.1) is 0 Å². The van der Waals surface area contributed by atoms with Gasteiger partial charge in [0.05, 0.1) is 11.4 Å². The number of hydrogen-bond donors (Lipinski definition) is 2. The summed E-state index contributed by atoms with van der Waals surface area (Å²) in [5.74, 6) is -1.65. The molecule has 1 aliphatic rings. The second kappa shape index (κ2) is 5.70. The summed E-state index contributed by atoms with van der Waals surface area (Å²) in [4.78, 5) is 23.6. The van der Waals surface area contributed by atoms with Crippen LogP contribution in [0.25, 0.3) is 0 Å². The maximum absolute atomic E-state index is 12.4. The molecule has 21 heavy (non-hydrogen) atoms. The van der Waals surface area contributed by atoms with Crippen LogP contribution in [-0.2, 0) is 19.6 Å². The van der Waals surface area contributed by atoms with Crippen molar-refractivity contribution in [2.75, 3.05) is 31.9 Å². The van der Waals surface area contributed by atoms with Crippen molar-refractivity contribution in [2.45, 2.75) is 4.90 Å². The van der Waals surface area contributed by atoms with Gasteiger partial charge < -0.3 is 15.7 Å². The molecule has 0 saturated carbocycles. The Morgan fingerprint density at radius 3 is 2.38 bits per heavy atom. The van der Waals surface area contributed by atoms with E-state index < -0.39 is 28.4 Å². The van der Waals surface area contributed by atoms with Gasteiger partial charge in [0.25, 0.3) is 0 Å². The van der Waals surface area contributed by atoms with Gasteiger partial charge in [0, 0.05) is 18.8 Å². The molecule has 0 atom stereocenters. The van der Waals surface area contributed by atoms with E-state index in [4.69, 9.17) is 10.8 Å². The minimum Gasteiger partial charge on any atom is -0.480 e. The summed E-state index contributed by atoms with van der Waals surface area (Å²) in [6.45, 7) is -0.667. The molecule has 1 heterocycles. The second-order valence-corrected chi connectivity index (χ2v) is 6.55. The lowest BCUT2D eigenvalue weighted by atomic mass is 10.3. The van der Waals surface area contributed by atoms with Crippen LogP contribution in [0.4, 0.5) is 5.69 Å². The molecule has 0 unspecified atom stereocenters. The number of carbonyl (C=O) groups excluding carboxylic acids is 1. The van der Waals surface area contributed by atoms with Crippen LogP contribution in [0.1, 0.15) is 0 Å². The Morgan fingerprint density at radius 1 is 1.24 bits per heavy atom. The van der Waals surface area contributed by atoms with Crippen LogP contribution in [0, 0.1) is 0 Å². The lowest BCUT2D eigenvalue weighted by Gasteiger charge is -2.32. The highest BCUT2D eigenvalue weighted by molar-refractivity contribution is 7.89. The van der Waals surface area contributed by atoms with Crippen LogP contribution in [0.3, 0.4) is 0 Å². The molecule has 9 heteroatoms. The Bertz CT molecular complexity index is 656.